The van der Waals surface area contributed by atoms with Gasteiger partial charge in [0.1, 0.15) is 5.75 Å². The molecule has 0 aromatic heterocycles. The summed E-state index contributed by atoms with van der Waals surface area (Å²) in [6, 6.07) is 13.2. The molecule has 2 aromatic carbocycles. The second-order valence-electron chi connectivity index (χ2n) is 13.2. The third kappa shape index (κ3) is 11.5. The van der Waals surface area contributed by atoms with Crippen molar-refractivity contribution in [3.8, 4) is 18.1 Å². The summed E-state index contributed by atoms with van der Waals surface area (Å²) in [7, 11) is 0. The van der Waals surface area contributed by atoms with Crippen LogP contribution >= 0.6 is 0 Å². The number of benzene rings is 2. The van der Waals surface area contributed by atoms with Gasteiger partial charge >= 0.3 is 0 Å². The van der Waals surface area contributed by atoms with Gasteiger partial charge in [0.25, 0.3) is 0 Å². The Morgan fingerprint density at radius 2 is 1.71 bits per heavy atom. The van der Waals surface area contributed by atoms with Crippen molar-refractivity contribution in [1.29, 1.82) is 0 Å². The number of aryl methyl sites for hydroxylation is 1. The Balaban J connectivity index is 0.000000970. The maximum atomic E-state index is 6.07. The number of hydrogen-bond donors (Lipinski definition) is 0. The maximum Gasteiger partial charge on any atom is 0.119 e. The zero-order chi connectivity index (χ0) is 33.6. The van der Waals surface area contributed by atoms with Crippen LogP contribution < -0.4 is 4.74 Å². The van der Waals surface area contributed by atoms with Crippen molar-refractivity contribution >= 4 is 12.2 Å². The van der Waals surface area contributed by atoms with Gasteiger partial charge in [-0.2, -0.15) is 11.5 Å². The maximum absolute atomic E-state index is 6.07. The normalized spacial score (nSPS) is 16.1. The van der Waals surface area contributed by atoms with Gasteiger partial charge in [0.05, 0.1) is 6.61 Å². The minimum Gasteiger partial charge on any atom is -0.493 e. The molecule has 0 N–H and O–H groups in total. The molecule has 2 aromatic rings. The third-order valence-electron chi connectivity index (χ3n) is 8.90. The summed E-state index contributed by atoms with van der Waals surface area (Å²) < 4.78 is 6.07. The monoisotopic (exact) mass is 863 g/mol. The average Bonchev–Trinajstić information content (AvgIpc) is 3.48. The molecule has 1 nitrogen and oxygen atoms in total. The quantitative estimate of drug-likeness (QED) is 0.162. The van der Waals surface area contributed by atoms with Crippen molar-refractivity contribution in [3.63, 3.8) is 0 Å². The Hall–Kier alpha value is -5.28. The van der Waals surface area contributed by atoms with E-state index < -0.39 is 0 Å². The molecule has 0 radical (unpaired) electrons. The Morgan fingerprint density at radius 1 is 0.917 bits per heavy atom. The van der Waals surface area contributed by atoms with E-state index in [4.69, 9.17) is 11.2 Å². The summed E-state index contributed by atoms with van der Waals surface area (Å²) >= 11 is 0. The Kier molecular flexibility index (Phi) is 14.5. The molecule has 2 atom stereocenters. The molecule has 0 aliphatic heterocycles. The molecule has 0 fully saturated rings. The van der Waals surface area contributed by atoms with Gasteiger partial charge in [-0.15, -0.1) is 24.0 Å². The van der Waals surface area contributed by atoms with Crippen LogP contribution in [0.4, 0.5) is 0 Å². The molecule has 3 aliphatic carbocycles. The van der Waals surface area contributed by atoms with Crippen molar-refractivity contribution in [1.82, 2.24) is 0 Å². The molecule has 2 bridgehead atoms. The van der Waals surface area contributed by atoms with E-state index in [9.17, 15) is 0 Å². The zero-order valence-corrected chi connectivity index (χ0v) is 32.5. The summed E-state index contributed by atoms with van der Waals surface area (Å²) in [4.78, 5) is 0. The van der Waals surface area contributed by atoms with E-state index in [0.717, 1.165) is 44.5 Å². The number of terminal acetylenes is 1. The summed E-state index contributed by atoms with van der Waals surface area (Å²) in [6.07, 6.45) is 38.0. The number of allylic oxidation sites excluding steroid dienone is 14. The number of rotatable bonds is 11. The third-order valence-corrected chi connectivity index (χ3v) is 8.90. The average molecular weight is 868 g/mol. The van der Waals surface area contributed by atoms with Crippen LogP contribution in [-0.4, -0.2) is 6.61 Å². The van der Waals surface area contributed by atoms with E-state index in [0.29, 0.717) is 18.3 Å². The second kappa shape index (κ2) is 18.8. The number of ether oxygens (including phenoxy) is 1. The first-order chi connectivity index (χ1) is 22.8. The van der Waals surface area contributed by atoms with Crippen molar-refractivity contribution in [2.45, 2.75) is 79.6 Å². The van der Waals surface area contributed by atoms with Crippen LogP contribution in [0, 0.1) is 44.1 Å². The molecular formula is C46H52CmO-2. The zero-order valence-electron chi connectivity index (χ0n) is 29.6. The van der Waals surface area contributed by atoms with Crippen molar-refractivity contribution in [2.24, 2.45) is 11.8 Å². The molecule has 0 heterocycles. The molecule has 48 heavy (non-hydrogen) atoms. The van der Waals surface area contributed by atoms with Gasteiger partial charge in [0, 0.05) is 0 Å². The predicted octanol–water partition coefficient (Wildman–Crippen LogP) is 11.9. The molecule has 3 aliphatic rings. The van der Waals surface area contributed by atoms with Gasteiger partial charge < -0.3 is 11.7 Å². The van der Waals surface area contributed by atoms with E-state index in [1.165, 1.54) is 62.1 Å². The molecule has 5 rings (SSSR count). The SMILES string of the molecule is C#CC[C-]=Cc1cc(CC2=CC3=CC(CC4=CCc5cc(OCC(C)CC)ccc5C=C4)=CC=C(C=C2)C3)ccc1C.[CH2-]C(C)CC.[Cm]. The fourth-order valence-corrected chi connectivity index (χ4v) is 5.42. The van der Waals surface area contributed by atoms with Gasteiger partial charge in [-0.3, -0.25) is 6.08 Å². The Morgan fingerprint density at radius 3 is 2.46 bits per heavy atom. The van der Waals surface area contributed by atoms with Gasteiger partial charge in [0.15, 0.2) is 0 Å². The summed E-state index contributed by atoms with van der Waals surface area (Å²) in [5.41, 5.74) is 13.1. The number of hydrogen-bond acceptors (Lipinski definition) is 1. The fourth-order valence-electron chi connectivity index (χ4n) is 5.42. The van der Waals surface area contributed by atoms with E-state index in [-0.39, 0.29) is 0 Å². The Bertz CT molecular complexity index is 1670. The van der Waals surface area contributed by atoms with Gasteiger partial charge in [-0.05, 0) is 89.1 Å². The first kappa shape index (κ1) is 37.2. The van der Waals surface area contributed by atoms with Gasteiger partial charge in [-0.1, -0.05) is 126 Å². The van der Waals surface area contributed by atoms with Crippen molar-refractivity contribution < 1.29 is 4.74 Å². The molecule has 0 saturated carbocycles. The van der Waals surface area contributed by atoms with Crippen molar-refractivity contribution in [3.05, 3.63) is 154 Å². The molecule has 0 amide bonds. The molecule has 0 saturated heterocycles. The van der Waals surface area contributed by atoms with Crippen LogP contribution in [-0.2, 0) is 12.8 Å². The first-order valence-corrected chi connectivity index (χ1v) is 17.3. The second-order valence-corrected chi connectivity index (χ2v) is 13.2. The van der Waals surface area contributed by atoms with E-state index in [2.05, 4.69) is 145 Å². The molecule has 0 spiro atoms. The largest absolute Gasteiger partial charge is 0.493 e. The predicted molar refractivity (Wildman–Crippen MR) is 204 cm³/mol. The summed E-state index contributed by atoms with van der Waals surface area (Å²) in [5, 5.41) is 0. The Labute approximate surface area is 285 Å². The summed E-state index contributed by atoms with van der Waals surface area (Å²) in [5.74, 6) is 4.81. The van der Waals surface area contributed by atoms with Crippen LogP contribution in [0.3, 0.4) is 0 Å². The van der Waals surface area contributed by atoms with Gasteiger partial charge in [0.2, 0.25) is 0 Å². The van der Waals surface area contributed by atoms with Crippen LogP contribution in [0.25, 0.3) is 12.2 Å². The van der Waals surface area contributed by atoms with E-state index >= 15 is 0 Å². The molecule has 2 heteroatoms. The first-order valence-electron chi connectivity index (χ1n) is 17.3. The topological polar surface area (TPSA) is 9.23 Å². The molecule has 2 unspecified atom stereocenters. The number of fused-ring (bicyclic) bond motifs is 3. The van der Waals surface area contributed by atoms with Crippen LogP contribution in [0.5, 0.6) is 5.75 Å². The smallest absolute Gasteiger partial charge is 0.119 e. The van der Waals surface area contributed by atoms with E-state index in [1.807, 2.05) is 6.08 Å². The van der Waals surface area contributed by atoms with Gasteiger partial charge in [-0.25, -0.2) is 6.08 Å². The van der Waals surface area contributed by atoms with Crippen LogP contribution in [0.1, 0.15) is 87.6 Å². The minimum absolute atomic E-state index is 0. The standard InChI is InChI=1S/C41H41O.C5H11.Cm/c1-5-7-8-9-39-27-36(11-10-31(39)4)24-35-15-13-32-12-14-34(25-37(23-32)26-35)22-33-16-18-38-20-21-41(28-40(38)19-17-33)42-29-30(3)6-2;1-4-5(2)3;/h1,9-18,20-21,25-28,30H,6-7,19,22-24,29H2,2-4H3;5H,2,4H2,1,3H3;/q2*-1;. The van der Waals surface area contributed by atoms with Crippen molar-refractivity contribution in [2.75, 3.05) is 6.61 Å². The fraction of sp³-hybridized carbons (Fsp3) is 0.326. The van der Waals surface area contributed by atoms with Crippen LogP contribution in [0.15, 0.2) is 113 Å². The van der Waals surface area contributed by atoms with Crippen LogP contribution in [0.2, 0.25) is 0 Å². The minimum atomic E-state index is 0. The molecular weight excluding hydrogens is 816 g/mol. The van der Waals surface area contributed by atoms with E-state index in [1.54, 1.807) is 0 Å². The molecule has 252 valence electrons. The summed E-state index contributed by atoms with van der Waals surface area (Å²) in [6.45, 7) is 15.3.